The van der Waals surface area contributed by atoms with Crippen molar-refractivity contribution >= 4 is 11.4 Å². The predicted octanol–water partition coefficient (Wildman–Crippen LogP) is 2.30. The summed E-state index contributed by atoms with van der Waals surface area (Å²) in [6.45, 7) is 5.06. The van der Waals surface area contributed by atoms with Gasteiger partial charge in [0, 0.05) is 52.8 Å². The Labute approximate surface area is 149 Å². The lowest BCUT2D eigenvalue weighted by Crippen LogP contribution is -2.33. The molecule has 1 saturated carbocycles. The van der Waals surface area contributed by atoms with E-state index in [0.29, 0.717) is 11.7 Å². The van der Waals surface area contributed by atoms with Crippen LogP contribution in [0.5, 0.6) is 5.75 Å². The summed E-state index contributed by atoms with van der Waals surface area (Å²) in [6.07, 6.45) is 8.09. The molecule has 0 radical (unpaired) electrons. The van der Waals surface area contributed by atoms with Gasteiger partial charge in [0.1, 0.15) is 5.75 Å². The van der Waals surface area contributed by atoms with Crippen LogP contribution in [0.4, 0.5) is 0 Å². The van der Waals surface area contributed by atoms with E-state index in [1.54, 1.807) is 12.3 Å². The van der Waals surface area contributed by atoms with E-state index in [0.717, 1.165) is 34.8 Å². The third-order valence-electron chi connectivity index (χ3n) is 4.45. The van der Waals surface area contributed by atoms with Gasteiger partial charge in [0.05, 0.1) is 0 Å². The first-order valence-electron chi connectivity index (χ1n) is 9.15. The third-order valence-corrected chi connectivity index (χ3v) is 4.45. The highest BCUT2D eigenvalue weighted by Gasteiger charge is 2.27. The number of nitrogens with one attached hydrogen (secondary N) is 1. The van der Waals surface area contributed by atoms with E-state index in [4.69, 9.17) is 5.73 Å². The summed E-state index contributed by atoms with van der Waals surface area (Å²) in [5, 5.41) is 15.5. The number of aromatic hydroxyl groups is 1. The fourth-order valence-electron chi connectivity index (χ4n) is 3.17. The Morgan fingerprint density at radius 1 is 1.20 bits per heavy atom. The van der Waals surface area contributed by atoms with E-state index >= 15 is 0 Å². The molecule has 1 aromatic carbocycles. The second kappa shape index (κ2) is 7.60. The van der Waals surface area contributed by atoms with Crippen molar-refractivity contribution in [2.75, 3.05) is 6.54 Å². The van der Waals surface area contributed by atoms with Gasteiger partial charge in [-0.05, 0) is 48.6 Å². The highest BCUT2D eigenvalue weighted by Crippen LogP contribution is 2.43. The van der Waals surface area contributed by atoms with E-state index in [1.165, 1.54) is 30.4 Å². The Hall–Kier alpha value is -2.49. The molecule has 1 fully saturated rings. The van der Waals surface area contributed by atoms with E-state index < -0.39 is 0 Å². The van der Waals surface area contributed by atoms with Crippen molar-refractivity contribution in [3.05, 3.63) is 58.2 Å². The zero-order valence-corrected chi connectivity index (χ0v) is 15.0. The van der Waals surface area contributed by atoms with Crippen LogP contribution in [0.25, 0.3) is 11.4 Å². The number of phenols is 1. The predicted molar refractivity (Wildman–Crippen MR) is 102 cm³/mol. The first kappa shape index (κ1) is 17.3. The highest BCUT2D eigenvalue weighted by atomic mass is 16.3. The summed E-state index contributed by atoms with van der Waals surface area (Å²) in [7, 11) is 0. The fraction of sp³-hybridized carbons (Fsp3) is 0.381. The fourth-order valence-corrected chi connectivity index (χ4v) is 3.17. The van der Waals surface area contributed by atoms with Crippen LogP contribution in [-0.2, 0) is 0 Å². The molecule has 4 heteroatoms. The number of nitrogens with two attached hydrogens (primary N) is 1. The zero-order chi connectivity index (χ0) is 17.8. The van der Waals surface area contributed by atoms with E-state index in [-0.39, 0.29) is 0 Å². The van der Waals surface area contributed by atoms with Gasteiger partial charge in [0.2, 0.25) is 0 Å². The molecule has 4 nitrogen and oxygen atoms in total. The first-order chi connectivity index (χ1) is 12.2. The first-order valence-corrected chi connectivity index (χ1v) is 9.15. The molecule has 2 heterocycles. The van der Waals surface area contributed by atoms with Crippen LogP contribution in [0.1, 0.15) is 56.6 Å². The van der Waals surface area contributed by atoms with Crippen LogP contribution < -0.4 is 21.5 Å². The number of pyridine rings is 1. The minimum absolute atomic E-state index is 0.334. The summed E-state index contributed by atoms with van der Waals surface area (Å²) in [5.74, 6) is 0.896. The van der Waals surface area contributed by atoms with Gasteiger partial charge in [-0.15, -0.1) is 0 Å². The van der Waals surface area contributed by atoms with Crippen molar-refractivity contribution in [2.24, 2.45) is 5.73 Å². The Kier molecular flexibility index (Phi) is 5.27. The highest BCUT2D eigenvalue weighted by molar-refractivity contribution is 5.70. The van der Waals surface area contributed by atoms with Crippen molar-refractivity contribution in [3.8, 4) is 5.75 Å². The van der Waals surface area contributed by atoms with E-state index in [1.807, 2.05) is 24.4 Å². The van der Waals surface area contributed by atoms with Gasteiger partial charge in [-0.1, -0.05) is 20.3 Å². The van der Waals surface area contributed by atoms with Crippen molar-refractivity contribution in [3.63, 3.8) is 0 Å². The van der Waals surface area contributed by atoms with Crippen molar-refractivity contribution in [1.82, 2.24) is 10.3 Å². The minimum atomic E-state index is 0.334. The molecule has 1 aliphatic carbocycles. The number of hydrogen-bond acceptors (Lipinski definition) is 4. The summed E-state index contributed by atoms with van der Waals surface area (Å²) < 4.78 is 0. The van der Waals surface area contributed by atoms with Gasteiger partial charge in [-0.25, -0.2) is 0 Å². The average molecular weight is 337 g/mol. The number of aromatic nitrogens is 1. The molecule has 0 amide bonds. The van der Waals surface area contributed by atoms with E-state index in [2.05, 4.69) is 24.1 Å². The van der Waals surface area contributed by atoms with Gasteiger partial charge in [-0.3, -0.25) is 4.98 Å². The molecule has 0 bridgehead atoms. The van der Waals surface area contributed by atoms with Gasteiger partial charge in [-0.2, -0.15) is 0 Å². The number of benzene rings is 1. The lowest BCUT2D eigenvalue weighted by molar-refractivity contribution is 0.474. The summed E-state index contributed by atoms with van der Waals surface area (Å²) in [4.78, 5) is 4.22. The molecule has 1 aliphatic heterocycles. The molecule has 0 spiro atoms. The Balaban J connectivity index is 0.000000569. The average Bonchev–Trinajstić information content (AvgIpc) is 3.45. The lowest BCUT2D eigenvalue weighted by atomic mass is 9.98. The number of hydrogen-bond donors (Lipinski definition) is 3. The standard InChI is InChI=1S/C18H19N3O.C3H8/c19-17-6-8-21-18(14-5-7-20-10-16(14)17)13-4-3-12(22)9-15(13)11-1-2-11;1-3-2/h3-5,7,9-11,21-22H,1-2,6,8,19H2;3H2,1-2H3. The van der Waals surface area contributed by atoms with Crippen LogP contribution in [0.15, 0.2) is 36.7 Å². The van der Waals surface area contributed by atoms with Crippen LogP contribution in [-0.4, -0.2) is 16.6 Å². The maximum absolute atomic E-state index is 9.84. The zero-order valence-electron chi connectivity index (χ0n) is 15.0. The Morgan fingerprint density at radius 2 is 1.96 bits per heavy atom. The van der Waals surface area contributed by atoms with Crippen molar-refractivity contribution in [1.29, 1.82) is 0 Å². The van der Waals surface area contributed by atoms with Crippen LogP contribution in [0.3, 0.4) is 0 Å². The Morgan fingerprint density at radius 3 is 2.68 bits per heavy atom. The number of phenolic OH excluding ortho intramolecular Hbond substituents is 1. The molecule has 1 aromatic heterocycles. The number of fused-ring (bicyclic) bond motifs is 1. The van der Waals surface area contributed by atoms with Crippen molar-refractivity contribution in [2.45, 2.75) is 45.4 Å². The second-order valence-electron chi connectivity index (χ2n) is 6.75. The molecule has 0 atom stereocenters. The molecule has 25 heavy (non-hydrogen) atoms. The smallest absolute Gasteiger partial charge is 0.115 e. The van der Waals surface area contributed by atoms with Crippen molar-refractivity contribution < 1.29 is 5.11 Å². The Bertz CT molecular complexity index is 869. The SMILES string of the molecule is CCC.NC1=c2cnccc2=C(c2ccc(O)cc2C2CC2)NCC1. The van der Waals surface area contributed by atoms with Gasteiger partial charge in [0.25, 0.3) is 0 Å². The minimum Gasteiger partial charge on any atom is -0.508 e. The summed E-state index contributed by atoms with van der Waals surface area (Å²) >= 11 is 0. The quantitative estimate of drug-likeness (QED) is 0.786. The topological polar surface area (TPSA) is 71.2 Å². The number of rotatable bonds is 2. The molecule has 132 valence electrons. The largest absolute Gasteiger partial charge is 0.508 e. The van der Waals surface area contributed by atoms with Crippen LogP contribution in [0, 0.1) is 0 Å². The molecule has 4 N–H and O–H groups in total. The summed E-state index contributed by atoms with van der Waals surface area (Å²) in [6, 6.07) is 7.69. The monoisotopic (exact) mass is 337 g/mol. The maximum Gasteiger partial charge on any atom is 0.115 e. The molecule has 2 aromatic rings. The van der Waals surface area contributed by atoms with Crippen LogP contribution in [0.2, 0.25) is 0 Å². The number of nitrogens with zero attached hydrogens (tertiary/aromatic N) is 1. The van der Waals surface area contributed by atoms with Gasteiger partial charge < -0.3 is 16.2 Å². The molecular formula is C21H27N3O. The van der Waals surface area contributed by atoms with Gasteiger partial charge >= 0.3 is 0 Å². The molecule has 2 aliphatic rings. The lowest BCUT2D eigenvalue weighted by Gasteiger charge is -2.14. The molecular weight excluding hydrogens is 310 g/mol. The molecule has 0 saturated heterocycles. The van der Waals surface area contributed by atoms with Gasteiger partial charge in [0.15, 0.2) is 0 Å². The van der Waals surface area contributed by atoms with E-state index in [9.17, 15) is 5.11 Å². The third kappa shape index (κ3) is 3.78. The molecule has 0 unspecified atom stereocenters. The summed E-state index contributed by atoms with van der Waals surface area (Å²) in [5.41, 5.74) is 10.6. The maximum atomic E-state index is 9.84. The second-order valence-corrected chi connectivity index (χ2v) is 6.75. The molecule has 4 rings (SSSR count). The van der Waals surface area contributed by atoms with Crippen LogP contribution >= 0.6 is 0 Å². The normalized spacial score (nSPS) is 16.2.